The second-order valence-electron chi connectivity index (χ2n) is 2.61. The van der Waals surface area contributed by atoms with Crippen molar-refractivity contribution in [3.05, 3.63) is 0 Å². The SMILES string of the molecule is CCC(O)COP(C)(C)=O. The van der Waals surface area contributed by atoms with Gasteiger partial charge in [-0.1, -0.05) is 6.92 Å². The third-order valence-corrected chi connectivity index (χ3v) is 1.82. The molecule has 1 N–H and O–H groups in total. The molecule has 1 atom stereocenters. The molecular weight excluding hydrogens is 151 g/mol. The number of aliphatic hydroxyl groups excluding tert-OH is 1. The molecule has 0 aromatic carbocycles. The standard InChI is InChI=1S/C6H15O3P/c1-4-6(7)5-9-10(2,3)8/h6-7H,4-5H2,1-3H3. The van der Waals surface area contributed by atoms with Gasteiger partial charge in [0.2, 0.25) is 0 Å². The molecule has 0 saturated carbocycles. The van der Waals surface area contributed by atoms with Crippen molar-refractivity contribution in [3.63, 3.8) is 0 Å². The summed E-state index contributed by atoms with van der Waals surface area (Å²) in [6.07, 6.45) is 0.160. The first-order chi connectivity index (χ1) is 4.45. The molecular formula is C6H15O3P. The second kappa shape index (κ2) is 4.12. The smallest absolute Gasteiger partial charge is 0.197 e. The van der Waals surface area contributed by atoms with Crippen molar-refractivity contribution in [3.8, 4) is 0 Å². The fourth-order valence-corrected chi connectivity index (χ4v) is 0.914. The van der Waals surface area contributed by atoms with E-state index in [1.807, 2.05) is 6.92 Å². The summed E-state index contributed by atoms with van der Waals surface area (Å²) in [6, 6.07) is 0. The highest BCUT2D eigenvalue weighted by atomic mass is 31.2. The summed E-state index contributed by atoms with van der Waals surface area (Å²) < 4.78 is 15.8. The van der Waals surface area contributed by atoms with E-state index in [9.17, 15) is 4.57 Å². The molecule has 0 aromatic rings. The van der Waals surface area contributed by atoms with Gasteiger partial charge in [-0.2, -0.15) is 0 Å². The average molecular weight is 166 g/mol. The van der Waals surface area contributed by atoms with Crippen LogP contribution in [0.1, 0.15) is 13.3 Å². The molecule has 0 aromatic heterocycles. The maximum absolute atomic E-state index is 10.9. The van der Waals surface area contributed by atoms with Gasteiger partial charge >= 0.3 is 0 Å². The first kappa shape index (κ1) is 10.2. The van der Waals surface area contributed by atoms with Crippen LogP contribution in [-0.4, -0.2) is 31.1 Å². The van der Waals surface area contributed by atoms with Gasteiger partial charge in [0.25, 0.3) is 0 Å². The van der Waals surface area contributed by atoms with E-state index in [4.69, 9.17) is 9.63 Å². The van der Waals surface area contributed by atoms with Crippen LogP contribution in [0.5, 0.6) is 0 Å². The Hall–Kier alpha value is 0.150. The molecule has 0 fully saturated rings. The molecule has 0 rings (SSSR count). The molecule has 0 saturated heterocycles. The van der Waals surface area contributed by atoms with E-state index in [2.05, 4.69) is 0 Å². The molecule has 0 heterocycles. The third-order valence-electron chi connectivity index (χ3n) is 1.05. The van der Waals surface area contributed by atoms with Crippen LogP contribution >= 0.6 is 7.37 Å². The summed E-state index contributed by atoms with van der Waals surface area (Å²) in [5.74, 6) is 0. The quantitative estimate of drug-likeness (QED) is 0.640. The minimum absolute atomic E-state index is 0.181. The molecule has 0 aliphatic carbocycles. The Bertz CT molecular complexity index is 129. The van der Waals surface area contributed by atoms with E-state index in [1.165, 1.54) is 13.3 Å². The van der Waals surface area contributed by atoms with E-state index in [1.54, 1.807) is 0 Å². The summed E-state index contributed by atoms with van der Waals surface area (Å²) >= 11 is 0. The predicted octanol–water partition coefficient (Wildman–Crippen LogP) is 1.31. The Labute approximate surface area is 61.8 Å². The van der Waals surface area contributed by atoms with Crippen LogP contribution < -0.4 is 0 Å². The molecule has 0 amide bonds. The highest BCUT2D eigenvalue weighted by Gasteiger charge is 2.09. The monoisotopic (exact) mass is 166 g/mol. The van der Waals surface area contributed by atoms with E-state index >= 15 is 0 Å². The maximum Gasteiger partial charge on any atom is 0.197 e. The molecule has 4 heteroatoms. The minimum Gasteiger partial charge on any atom is -0.391 e. The number of rotatable bonds is 4. The van der Waals surface area contributed by atoms with Gasteiger partial charge in [-0.05, 0) is 6.42 Å². The predicted molar refractivity (Wildman–Crippen MR) is 41.7 cm³/mol. The Morgan fingerprint density at radius 2 is 2.10 bits per heavy atom. The van der Waals surface area contributed by atoms with Gasteiger partial charge in [-0.25, -0.2) is 0 Å². The van der Waals surface area contributed by atoms with Gasteiger partial charge in [0, 0.05) is 13.3 Å². The summed E-state index contributed by atoms with van der Waals surface area (Å²) in [5, 5.41) is 8.98. The van der Waals surface area contributed by atoms with Crippen molar-refractivity contribution in [1.82, 2.24) is 0 Å². The van der Waals surface area contributed by atoms with Crippen LogP contribution in [0.15, 0.2) is 0 Å². The van der Waals surface area contributed by atoms with Gasteiger partial charge in [0.15, 0.2) is 7.37 Å². The van der Waals surface area contributed by atoms with Crippen molar-refractivity contribution >= 4 is 7.37 Å². The van der Waals surface area contributed by atoms with Crippen molar-refractivity contribution in [2.45, 2.75) is 19.4 Å². The van der Waals surface area contributed by atoms with Crippen LogP contribution in [0.2, 0.25) is 0 Å². The van der Waals surface area contributed by atoms with Gasteiger partial charge in [-0.3, -0.25) is 4.57 Å². The van der Waals surface area contributed by atoms with Crippen molar-refractivity contribution in [2.24, 2.45) is 0 Å². The zero-order valence-electron chi connectivity index (χ0n) is 6.70. The lowest BCUT2D eigenvalue weighted by Crippen LogP contribution is -2.12. The number of hydrogen-bond acceptors (Lipinski definition) is 3. The van der Waals surface area contributed by atoms with Crippen LogP contribution in [0.3, 0.4) is 0 Å². The molecule has 0 radical (unpaired) electrons. The largest absolute Gasteiger partial charge is 0.391 e. The summed E-state index contributed by atoms with van der Waals surface area (Å²) in [4.78, 5) is 0. The summed E-state index contributed by atoms with van der Waals surface area (Å²) in [5.41, 5.74) is 0. The van der Waals surface area contributed by atoms with Crippen LogP contribution in [0.25, 0.3) is 0 Å². The number of hydrogen-bond donors (Lipinski definition) is 1. The molecule has 0 aliphatic rings. The zero-order chi connectivity index (χ0) is 8.20. The topological polar surface area (TPSA) is 46.5 Å². The molecule has 10 heavy (non-hydrogen) atoms. The van der Waals surface area contributed by atoms with Crippen molar-refractivity contribution in [2.75, 3.05) is 19.9 Å². The van der Waals surface area contributed by atoms with Gasteiger partial charge in [0.05, 0.1) is 12.7 Å². The van der Waals surface area contributed by atoms with E-state index in [0.29, 0.717) is 6.42 Å². The number of aliphatic hydroxyl groups is 1. The lowest BCUT2D eigenvalue weighted by molar-refractivity contribution is 0.107. The molecule has 0 aliphatic heterocycles. The highest BCUT2D eigenvalue weighted by Crippen LogP contribution is 2.37. The molecule has 62 valence electrons. The van der Waals surface area contributed by atoms with Crippen molar-refractivity contribution in [1.29, 1.82) is 0 Å². The van der Waals surface area contributed by atoms with Crippen LogP contribution in [0.4, 0.5) is 0 Å². The first-order valence-electron chi connectivity index (χ1n) is 3.33. The van der Waals surface area contributed by atoms with E-state index in [0.717, 1.165) is 0 Å². The van der Waals surface area contributed by atoms with Crippen LogP contribution in [-0.2, 0) is 9.09 Å². The Kier molecular flexibility index (Phi) is 4.18. The molecule has 0 spiro atoms. The summed E-state index contributed by atoms with van der Waals surface area (Å²) in [6.45, 7) is 5.11. The highest BCUT2D eigenvalue weighted by molar-refractivity contribution is 7.57. The lowest BCUT2D eigenvalue weighted by atomic mass is 10.3. The Morgan fingerprint density at radius 1 is 1.60 bits per heavy atom. The normalized spacial score (nSPS) is 15.2. The van der Waals surface area contributed by atoms with Crippen molar-refractivity contribution < 1.29 is 14.2 Å². The van der Waals surface area contributed by atoms with E-state index < -0.39 is 13.5 Å². The Balaban J connectivity index is 3.46. The van der Waals surface area contributed by atoms with Gasteiger partial charge < -0.3 is 9.63 Å². The molecule has 1 unspecified atom stereocenters. The fraction of sp³-hybridized carbons (Fsp3) is 1.00. The minimum atomic E-state index is -2.39. The third kappa shape index (κ3) is 6.27. The fourth-order valence-electron chi connectivity index (χ4n) is 0.383. The van der Waals surface area contributed by atoms with Crippen LogP contribution in [0, 0.1) is 0 Å². The van der Waals surface area contributed by atoms with E-state index in [-0.39, 0.29) is 6.61 Å². The maximum atomic E-state index is 10.9. The summed E-state index contributed by atoms with van der Waals surface area (Å²) in [7, 11) is -2.39. The van der Waals surface area contributed by atoms with Gasteiger partial charge in [-0.15, -0.1) is 0 Å². The Morgan fingerprint density at radius 3 is 2.40 bits per heavy atom. The average Bonchev–Trinajstić information content (AvgIpc) is 1.81. The zero-order valence-corrected chi connectivity index (χ0v) is 7.60. The molecule has 3 nitrogen and oxygen atoms in total. The second-order valence-corrected chi connectivity index (χ2v) is 5.37. The molecule has 0 bridgehead atoms. The van der Waals surface area contributed by atoms with Gasteiger partial charge in [0.1, 0.15) is 0 Å². The lowest BCUT2D eigenvalue weighted by Gasteiger charge is -2.11. The first-order valence-corrected chi connectivity index (χ1v) is 5.85.